The number of hydrogen-bond acceptors (Lipinski definition) is 4. The lowest BCUT2D eigenvalue weighted by Crippen LogP contribution is -2.45. The molecule has 0 atom stereocenters. The summed E-state index contributed by atoms with van der Waals surface area (Å²) in [7, 11) is 0. The van der Waals surface area contributed by atoms with Gasteiger partial charge in [0.25, 0.3) is 11.8 Å². The smallest absolute Gasteiger partial charge is 0.267 e. The zero-order valence-corrected chi connectivity index (χ0v) is 19.8. The van der Waals surface area contributed by atoms with Crippen molar-refractivity contribution in [3.8, 4) is 5.95 Å². The fraction of sp³-hybridized carbons (Fsp3) is 0.407. The van der Waals surface area contributed by atoms with Crippen LogP contribution in [0.3, 0.4) is 0 Å². The molecule has 3 aromatic heterocycles. The van der Waals surface area contributed by atoms with Crippen molar-refractivity contribution in [1.29, 1.82) is 0 Å². The lowest BCUT2D eigenvalue weighted by molar-refractivity contribution is 0.0839. The highest BCUT2D eigenvalue weighted by molar-refractivity contribution is 5.95. The van der Waals surface area contributed by atoms with Gasteiger partial charge in [0.2, 0.25) is 5.95 Å². The normalized spacial score (nSPS) is 17.4. The first-order valence-corrected chi connectivity index (χ1v) is 12.2. The lowest BCUT2D eigenvalue weighted by Gasteiger charge is -2.37. The molecule has 5 rings (SSSR count). The Morgan fingerprint density at radius 1 is 1.14 bits per heavy atom. The van der Waals surface area contributed by atoms with Crippen LogP contribution in [0.4, 0.5) is 8.78 Å². The predicted octanol–water partition coefficient (Wildman–Crippen LogP) is 3.67. The van der Waals surface area contributed by atoms with E-state index in [-0.39, 0.29) is 28.9 Å². The van der Waals surface area contributed by atoms with Crippen LogP contribution in [-0.4, -0.2) is 37.9 Å². The molecule has 3 heterocycles. The number of hydrogen-bond donors (Lipinski definition) is 1. The van der Waals surface area contributed by atoms with Crippen LogP contribution in [0.15, 0.2) is 49.2 Å². The minimum Gasteiger partial charge on any atom is -0.351 e. The molecule has 6 nitrogen and oxygen atoms in total. The molecule has 8 heteroatoms. The summed E-state index contributed by atoms with van der Waals surface area (Å²) in [6, 6.07) is 5.68. The van der Waals surface area contributed by atoms with E-state index < -0.39 is 5.92 Å². The first kappa shape index (κ1) is 23.3. The molecule has 0 saturated heterocycles. The number of pyridine rings is 1. The van der Waals surface area contributed by atoms with E-state index in [0.29, 0.717) is 29.5 Å². The molecular formula is C27H29F2N5O. The van der Waals surface area contributed by atoms with E-state index in [1.807, 2.05) is 18.3 Å². The molecule has 0 bridgehead atoms. The number of halogens is 2. The molecule has 0 radical (unpaired) electrons. The van der Waals surface area contributed by atoms with Crippen LogP contribution in [0.1, 0.15) is 67.8 Å². The summed E-state index contributed by atoms with van der Waals surface area (Å²) >= 11 is 0. The molecule has 1 N–H and O–H groups in total. The van der Waals surface area contributed by atoms with Crippen molar-refractivity contribution in [1.82, 2.24) is 24.8 Å². The predicted molar refractivity (Wildman–Crippen MR) is 130 cm³/mol. The molecule has 182 valence electrons. The highest BCUT2D eigenvalue weighted by Gasteiger charge is 2.36. The first-order chi connectivity index (χ1) is 16.9. The van der Waals surface area contributed by atoms with Gasteiger partial charge in [-0.1, -0.05) is 31.4 Å². The average Bonchev–Trinajstić information content (AvgIpc) is 3.28. The molecule has 0 spiro atoms. The Morgan fingerprint density at radius 3 is 2.60 bits per heavy atom. The monoisotopic (exact) mass is 477 g/mol. The number of carbonyl (C=O) groups is 1. The Bertz CT molecular complexity index is 1320. The van der Waals surface area contributed by atoms with E-state index in [4.69, 9.17) is 0 Å². The van der Waals surface area contributed by atoms with Gasteiger partial charge in [-0.2, -0.15) is 0 Å². The van der Waals surface area contributed by atoms with Crippen LogP contribution in [0.25, 0.3) is 17.6 Å². The SMILES string of the molecule is CC(F)(F)C1=c2c(C(=O)NCC3(c4cccnc4)CCCCC3)cn(-c3ncccn3)c2=CCC1. The van der Waals surface area contributed by atoms with Crippen molar-refractivity contribution in [2.24, 2.45) is 0 Å². The molecule has 0 unspecified atom stereocenters. The molecular weight excluding hydrogens is 448 g/mol. The van der Waals surface area contributed by atoms with Crippen molar-refractivity contribution < 1.29 is 13.6 Å². The van der Waals surface area contributed by atoms with E-state index in [1.54, 1.807) is 35.4 Å². The quantitative estimate of drug-likeness (QED) is 0.588. The minimum atomic E-state index is -3.04. The van der Waals surface area contributed by atoms with Gasteiger partial charge in [-0.25, -0.2) is 18.7 Å². The van der Waals surface area contributed by atoms with Crippen LogP contribution in [0, 0.1) is 0 Å². The van der Waals surface area contributed by atoms with Gasteiger partial charge in [0.05, 0.1) is 10.9 Å². The second-order valence-electron chi connectivity index (χ2n) is 9.60. The summed E-state index contributed by atoms with van der Waals surface area (Å²) in [6.07, 6.45) is 16.2. The maximum absolute atomic E-state index is 14.7. The summed E-state index contributed by atoms with van der Waals surface area (Å²) in [5.41, 5.74) is 1.12. The van der Waals surface area contributed by atoms with Crippen LogP contribution in [0.2, 0.25) is 0 Å². The van der Waals surface area contributed by atoms with Gasteiger partial charge in [-0.3, -0.25) is 14.3 Å². The zero-order chi connectivity index (χ0) is 24.5. The topological polar surface area (TPSA) is 72.7 Å². The van der Waals surface area contributed by atoms with Gasteiger partial charge in [0.1, 0.15) is 0 Å². The molecule has 2 aliphatic carbocycles. The number of alkyl halides is 2. The Hall–Kier alpha value is -3.42. The average molecular weight is 478 g/mol. The van der Waals surface area contributed by atoms with Crippen molar-refractivity contribution in [3.63, 3.8) is 0 Å². The van der Waals surface area contributed by atoms with Gasteiger partial charge in [0, 0.05) is 60.7 Å². The third-order valence-corrected chi connectivity index (χ3v) is 7.29. The van der Waals surface area contributed by atoms with Crippen LogP contribution < -0.4 is 15.9 Å². The Morgan fingerprint density at radius 2 is 1.91 bits per heavy atom. The van der Waals surface area contributed by atoms with Crippen molar-refractivity contribution in [2.75, 3.05) is 6.54 Å². The van der Waals surface area contributed by atoms with E-state index in [2.05, 4.69) is 26.3 Å². The van der Waals surface area contributed by atoms with Crippen LogP contribution >= 0.6 is 0 Å². The summed E-state index contributed by atoms with van der Waals surface area (Å²) < 4.78 is 31.0. The molecule has 1 amide bonds. The summed E-state index contributed by atoms with van der Waals surface area (Å²) in [4.78, 5) is 26.5. The van der Waals surface area contributed by atoms with E-state index in [1.165, 1.54) is 6.42 Å². The maximum atomic E-state index is 14.7. The third-order valence-electron chi connectivity index (χ3n) is 7.29. The Kier molecular flexibility index (Phi) is 6.21. The molecule has 0 aliphatic heterocycles. The highest BCUT2D eigenvalue weighted by Crippen LogP contribution is 2.38. The second kappa shape index (κ2) is 9.32. The minimum absolute atomic E-state index is 0.0190. The van der Waals surface area contributed by atoms with E-state index in [0.717, 1.165) is 38.2 Å². The van der Waals surface area contributed by atoms with Crippen molar-refractivity contribution in [3.05, 3.63) is 70.9 Å². The molecule has 2 aliphatic rings. The summed E-state index contributed by atoms with van der Waals surface area (Å²) in [5.74, 6) is -3.05. The molecule has 1 fully saturated rings. The number of nitrogens with one attached hydrogen (secondary N) is 1. The Balaban J connectivity index is 1.56. The number of carbonyl (C=O) groups excluding carboxylic acids is 1. The zero-order valence-electron chi connectivity index (χ0n) is 19.8. The molecule has 3 aromatic rings. The van der Waals surface area contributed by atoms with Crippen LogP contribution in [-0.2, 0) is 5.41 Å². The number of nitrogens with zero attached hydrogens (tertiary/aromatic N) is 4. The number of rotatable bonds is 6. The summed E-state index contributed by atoms with van der Waals surface area (Å²) in [6.45, 7) is 1.33. The standard InChI is InChI=1S/C27H29F2N5O/c1-26(28,29)21-9-5-10-22-23(21)20(17-34(22)25-31-14-7-15-32-25)24(35)33-18-27(11-3-2-4-12-27)19-8-6-13-30-16-19/h6-8,10,13-17H,2-5,9,11-12,18H2,1H3,(H,33,35). The third kappa shape index (κ3) is 4.49. The van der Waals surface area contributed by atoms with Gasteiger partial charge in [-0.05, 0) is 43.4 Å². The molecule has 35 heavy (non-hydrogen) atoms. The van der Waals surface area contributed by atoms with Crippen LogP contribution in [0.5, 0.6) is 0 Å². The number of fused-ring (bicyclic) bond motifs is 1. The van der Waals surface area contributed by atoms with Crippen molar-refractivity contribution >= 4 is 17.6 Å². The lowest BCUT2D eigenvalue weighted by atomic mass is 9.70. The molecule has 0 aromatic carbocycles. The number of amides is 1. The number of aromatic nitrogens is 4. The van der Waals surface area contributed by atoms with E-state index in [9.17, 15) is 13.6 Å². The molecule has 1 saturated carbocycles. The van der Waals surface area contributed by atoms with Gasteiger partial charge >= 0.3 is 0 Å². The van der Waals surface area contributed by atoms with E-state index >= 15 is 0 Å². The second-order valence-corrected chi connectivity index (χ2v) is 9.60. The fourth-order valence-corrected chi connectivity index (χ4v) is 5.53. The largest absolute Gasteiger partial charge is 0.351 e. The van der Waals surface area contributed by atoms with Gasteiger partial charge in [-0.15, -0.1) is 0 Å². The maximum Gasteiger partial charge on any atom is 0.267 e. The Labute approximate surface area is 202 Å². The van der Waals surface area contributed by atoms with Gasteiger partial charge < -0.3 is 5.32 Å². The first-order valence-electron chi connectivity index (χ1n) is 12.2. The van der Waals surface area contributed by atoms with Crippen molar-refractivity contribution in [2.45, 2.75) is 63.2 Å². The fourth-order valence-electron chi connectivity index (χ4n) is 5.53. The van der Waals surface area contributed by atoms with Gasteiger partial charge in [0.15, 0.2) is 0 Å². The summed E-state index contributed by atoms with van der Waals surface area (Å²) in [5, 5.41) is 3.95. The highest BCUT2D eigenvalue weighted by atomic mass is 19.3.